The summed E-state index contributed by atoms with van der Waals surface area (Å²) in [5, 5.41) is 6.49. The Balaban J connectivity index is 1.80. The Bertz CT molecular complexity index is 486. The Labute approximate surface area is 135 Å². The van der Waals surface area contributed by atoms with E-state index in [1.54, 1.807) is 0 Å². The number of carbonyl (C=O) groups is 1. The molecule has 1 unspecified atom stereocenters. The highest BCUT2D eigenvalue weighted by Crippen LogP contribution is 2.19. The third kappa shape index (κ3) is 5.41. The first-order chi connectivity index (χ1) is 10.0. The van der Waals surface area contributed by atoms with E-state index < -0.39 is 0 Å². The van der Waals surface area contributed by atoms with Gasteiger partial charge in [-0.1, -0.05) is 22.4 Å². The van der Waals surface area contributed by atoms with Crippen molar-refractivity contribution in [3.05, 3.63) is 28.2 Å². The summed E-state index contributed by atoms with van der Waals surface area (Å²) in [5.74, 6) is 0.0405. The number of aryl methyl sites for hydroxylation is 1. The van der Waals surface area contributed by atoms with Crippen LogP contribution >= 0.6 is 15.9 Å². The molecule has 1 amide bonds. The van der Waals surface area contributed by atoms with Crippen LogP contribution < -0.4 is 10.6 Å². The number of piperidine rings is 1. The van der Waals surface area contributed by atoms with Gasteiger partial charge < -0.3 is 10.6 Å². The zero-order chi connectivity index (χ0) is 15.2. The minimum atomic E-state index is 0.0405. The number of hydrogen-bond acceptors (Lipinski definition) is 3. The molecular weight excluding hydrogens is 330 g/mol. The van der Waals surface area contributed by atoms with Crippen molar-refractivity contribution in [2.45, 2.75) is 32.2 Å². The van der Waals surface area contributed by atoms with Gasteiger partial charge in [0.2, 0.25) is 5.91 Å². The van der Waals surface area contributed by atoms with Crippen LogP contribution in [0.15, 0.2) is 22.7 Å². The summed E-state index contributed by atoms with van der Waals surface area (Å²) in [6.45, 7) is 4.44. The molecule has 0 spiro atoms. The Kier molecular flexibility index (Phi) is 6.21. The first kappa shape index (κ1) is 16.5. The maximum atomic E-state index is 12.1. The van der Waals surface area contributed by atoms with Gasteiger partial charge in [-0.15, -0.1) is 0 Å². The second-order valence-corrected chi connectivity index (χ2v) is 6.77. The number of nitrogens with zero attached hydrogens (tertiary/aromatic N) is 1. The van der Waals surface area contributed by atoms with Gasteiger partial charge in [0.1, 0.15) is 0 Å². The number of benzene rings is 1. The molecule has 5 heteroatoms. The number of anilines is 1. The predicted molar refractivity (Wildman–Crippen MR) is 90.6 cm³/mol. The molecule has 1 aromatic rings. The highest BCUT2D eigenvalue weighted by Gasteiger charge is 2.16. The largest absolute Gasteiger partial charge is 0.325 e. The van der Waals surface area contributed by atoms with Crippen LogP contribution in [-0.4, -0.2) is 43.5 Å². The molecule has 1 aliphatic heterocycles. The molecule has 0 bridgehead atoms. The number of halogens is 1. The molecule has 1 aliphatic rings. The van der Waals surface area contributed by atoms with Crippen molar-refractivity contribution in [1.29, 1.82) is 0 Å². The molecule has 0 aromatic heterocycles. The van der Waals surface area contributed by atoms with Crippen LogP contribution in [0.3, 0.4) is 0 Å². The van der Waals surface area contributed by atoms with Crippen molar-refractivity contribution in [2.24, 2.45) is 0 Å². The lowest BCUT2D eigenvalue weighted by atomic mass is 10.0. The molecule has 0 aliphatic carbocycles. The van der Waals surface area contributed by atoms with Crippen LogP contribution in [-0.2, 0) is 4.79 Å². The zero-order valence-corrected chi connectivity index (χ0v) is 14.4. The van der Waals surface area contributed by atoms with E-state index in [-0.39, 0.29) is 5.91 Å². The number of nitrogens with one attached hydrogen (secondary N) is 2. The number of hydrogen-bond donors (Lipinski definition) is 2. The van der Waals surface area contributed by atoms with Gasteiger partial charge in [0.25, 0.3) is 0 Å². The maximum Gasteiger partial charge on any atom is 0.238 e. The summed E-state index contributed by atoms with van der Waals surface area (Å²) in [6.07, 6.45) is 3.76. The van der Waals surface area contributed by atoms with E-state index in [9.17, 15) is 4.79 Å². The third-order valence-electron chi connectivity index (χ3n) is 3.82. The molecule has 0 radical (unpaired) electrons. The van der Waals surface area contributed by atoms with Crippen molar-refractivity contribution < 1.29 is 4.79 Å². The molecular formula is C16H24BrN3O. The van der Waals surface area contributed by atoms with Crippen molar-refractivity contribution in [3.63, 3.8) is 0 Å². The van der Waals surface area contributed by atoms with E-state index >= 15 is 0 Å². The molecule has 2 N–H and O–H groups in total. The smallest absolute Gasteiger partial charge is 0.238 e. The third-order valence-corrected chi connectivity index (χ3v) is 4.31. The average molecular weight is 354 g/mol. The van der Waals surface area contributed by atoms with Crippen molar-refractivity contribution in [1.82, 2.24) is 10.2 Å². The number of likely N-dealkylation sites (N-methyl/N-ethyl adjacent to an activating group) is 1. The summed E-state index contributed by atoms with van der Waals surface area (Å²) in [5.41, 5.74) is 1.95. The Morgan fingerprint density at radius 1 is 1.48 bits per heavy atom. The highest BCUT2D eigenvalue weighted by molar-refractivity contribution is 9.10. The van der Waals surface area contributed by atoms with Crippen LogP contribution in [0.5, 0.6) is 0 Å². The second-order valence-electron chi connectivity index (χ2n) is 5.85. The summed E-state index contributed by atoms with van der Waals surface area (Å²) < 4.78 is 1.03. The van der Waals surface area contributed by atoms with Gasteiger partial charge in [0.15, 0.2) is 0 Å². The number of carbonyl (C=O) groups excluding carboxylic acids is 1. The van der Waals surface area contributed by atoms with E-state index in [0.29, 0.717) is 12.6 Å². The SMILES string of the molecule is Cc1cc(Br)ccc1NC(=O)CN(C)CC1CCCCN1. The first-order valence-electron chi connectivity index (χ1n) is 7.52. The fourth-order valence-corrected chi connectivity index (χ4v) is 3.20. The van der Waals surface area contributed by atoms with Crippen LogP contribution in [0.1, 0.15) is 24.8 Å². The van der Waals surface area contributed by atoms with Gasteiger partial charge in [-0.2, -0.15) is 0 Å². The van der Waals surface area contributed by atoms with Crippen LogP contribution in [0.25, 0.3) is 0 Å². The monoisotopic (exact) mass is 353 g/mol. The van der Waals surface area contributed by atoms with E-state index in [1.165, 1.54) is 19.3 Å². The minimum Gasteiger partial charge on any atom is -0.325 e. The molecule has 116 valence electrons. The van der Waals surface area contributed by atoms with Crippen molar-refractivity contribution >= 4 is 27.5 Å². The lowest BCUT2D eigenvalue weighted by molar-refractivity contribution is -0.117. The Morgan fingerprint density at radius 3 is 2.95 bits per heavy atom. The summed E-state index contributed by atoms with van der Waals surface area (Å²) in [7, 11) is 2.00. The summed E-state index contributed by atoms with van der Waals surface area (Å²) in [4.78, 5) is 14.2. The van der Waals surface area contributed by atoms with Crippen LogP contribution in [0.4, 0.5) is 5.69 Å². The molecule has 1 aromatic carbocycles. The van der Waals surface area contributed by atoms with Gasteiger partial charge in [-0.3, -0.25) is 9.69 Å². The van der Waals surface area contributed by atoms with Gasteiger partial charge in [-0.05, 0) is 57.1 Å². The maximum absolute atomic E-state index is 12.1. The normalized spacial score (nSPS) is 18.8. The molecule has 1 fully saturated rings. The molecule has 0 saturated carbocycles. The number of amides is 1. The lowest BCUT2D eigenvalue weighted by Gasteiger charge is -2.27. The highest BCUT2D eigenvalue weighted by atomic mass is 79.9. The number of rotatable bonds is 5. The topological polar surface area (TPSA) is 44.4 Å². The standard InChI is InChI=1S/C16H24BrN3O/c1-12-9-13(17)6-7-15(12)19-16(21)11-20(2)10-14-5-3-4-8-18-14/h6-7,9,14,18H,3-5,8,10-11H2,1-2H3,(H,19,21). The lowest BCUT2D eigenvalue weighted by Crippen LogP contribution is -2.44. The average Bonchev–Trinajstić information content (AvgIpc) is 2.43. The summed E-state index contributed by atoms with van der Waals surface area (Å²) >= 11 is 3.43. The van der Waals surface area contributed by atoms with Gasteiger partial charge in [0.05, 0.1) is 6.54 Å². The van der Waals surface area contributed by atoms with E-state index in [1.807, 2.05) is 32.2 Å². The Hall–Kier alpha value is -0.910. The van der Waals surface area contributed by atoms with Crippen LogP contribution in [0, 0.1) is 6.92 Å². The molecule has 1 heterocycles. The predicted octanol–water partition coefficient (Wildman–Crippen LogP) is 2.77. The van der Waals surface area contributed by atoms with E-state index in [0.717, 1.165) is 28.8 Å². The first-order valence-corrected chi connectivity index (χ1v) is 8.32. The Morgan fingerprint density at radius 2 is 2.29 bits per heavy atom. The van der Waals surface area contributed by atoms with Crippen molar-refractivity contribution in [2.75, 3.05) is 32.0 Å². The molecule has 21 heavy (non-hydrogen) atoms. The molecule has 4 nitrogen and oxygen atoms in total. The fraction of sp³-hybridized carbons (Fsp3) is 0.562. The quantitative estimate of drug-likeness (QED) is 0.855. The van der Waals surface area contributed by atoms with Crippen LogP contribution in [0.2, 0.25) is 0 Å². The van der Waals surface area contributed by atoms with Gasteiger partial charge in [-0.25, -0.2) is 0 Å². The molecule has 2 rings (SSSR count). The minimum absolute atomic E-state index is 0.0405. The summed E-state index contributed by atoms with van der Waals surface area (Å²) in [6, 6.07) is 6.40. The van der Waals surface area contributed by atoms with E-state index in [2.05, 4.69) is 31.5 Å². The molecule has 1 atom stereocenters. The van der Waals surface area contributed by atoms with Gasteiger partial charge in [0, 0.05) is 22.7 Å². The fourth-order valence-electron chi connectivity index (χ4n) is 2.72. The van der Waals surface area contributed by atoms with E-state index in [4.69, 9.17) is 0 Å². The van der Waals surface area contributed by atoms with Crippen molar-refractivity contribution in [3.8, 4) is 0 Å². The zero-order valence-electron chi connectivity index (χ0n) is 12.8. The molecule has 1 saturated heterocycles. The second kappa shape index (κ2) is 7.92. The van der Waals surface area contributed by atoms with Gasteiger partial charge >= 0.3 is 0 Å².